The molecule has 0 bridgehead atoms. The van der Waals surface area contributed by atoms with Crippen molar-refractivity contribution in [2.75, 3.05) is 0 Å². The van der Waals surface area contributed by atoms with Crippen molar-refractivity contribution in [3.05, 3.63) is 78.9 Å². The summed E-state index contributed by atoms with van der Waals surface area (Å²) in [4.78, 5) is 0. The van der Waals surface area contributed by atoms with Crippen molar-refractivity contribution in [3.8, 4) is 22.3 Å². The number of hydrogen-bond donors (Lipinski definition) is 0. The Kier molecular flexibility index (Phi) is 5.43. The summed E-state index contributed by atoms with van der Waals surface area (Å²) in [6.45, 7) is 12.7. The first-order valence-electron chi connectivity index (χ1n) is 9.92. The van der Waals surface area contributed by atoms with Gasteiger partial charge in [-0.25, -0.2) is 0 Å². The molecule has 0 aliphatic heterocycles. The Bertz CT molecular complexity index is 986. The Balaban J connectivity index is 2.34. The second-order valence-electron chi connectivity index (χ2n) is 9.38. The van der Waals surface area contributed by atoms with E-state index in [1.54, 1.807) is 0 Å². The van der Waals surface area contributed by atoms with Crippen LogP contribution in [0.1, 0.15) is 41.5 Å². The average molecular weight is 391 g/mol. The van der Waals surface area contributed by atoms with E-state index >= 15 is 0 Å². The van der Waals surface area contributed by atoms with Gasteiger partial charge in [-0.05, 0) is 22.3 Å². The van der Waals surface area contributed by atoms with E-state index in [4.69, 9.17) is 0 Å². The third kappa shape index (κ3) is 3.49. The second kappa shape index (κ2) is 7.37. The van der Waals surface area contributed by atoms with Gasteiger partial charge >= 0.3 is 0 Å². The fourth-order valence-electron chi connectivity index (χ4n) is 4.29. The Morgan fingerprint density at radius 3 is 1.50 bits per heavy atom. The lowest BCUT2D eigenvalue weighted by atomic mass is 9.95. The molecule has 0 atom stereocenters. The highest BCUT2D eigenvalue weighted by atomic mass is 31.2. The minimum atomic E-state index is -2.75. The molecule has 0 saturated carbocycles. The van der Waals surface area contributed by atoms with Crippen LogP contribution in [0.4, 0.5) is 0 Å². The van der Waals surface area contributed by atoms with Gasteiger partial charge in [0.2, 0.25) is 0 Å². The molecule has 28 heavy (non-hydrogen) atoms. The predicted octanol–water partition coefficient (Wildman–Crippen LogP) is 7.61. The summed E-state index contributed by atoms with van der Waals surface area (Å²) >= 11 is 0. The first kappa shape index (κ1) is 20.6. The molecule has 0 saturated heterocycles. The standard InChI is InChI=1S/C26H31OP/c1-25(2,3)28(27,26(4,5)6)24-19-13-12-18-23(24)22-17-11-10-16-21(22)20-14-8-7-9-15-20/h7-19H,1-6H3. The lowest BCUT2D eigenvalue weighted by molar-refractivity contribution is 0.527. The monoisotopic (exact) mass is 390 g/mol. The molecule has 0 N–H and O–H groups in total. The average Bonchev–Trinajstić information content (AvgIpc) is 2.66. The summed E-state index contributed by atoms with van der Waals surface area (Å²) in [5, 5.41) is 0.324. The molecule has 3 aromatic carbocycles. The van der Waals surface area contributed by atoms with Gasteiger partial charge in [-0.15, -0.1) is 0 Å². The van der Waals surface area contributed by atoms with Crippen molar-refractivity contribution >= 4 is 12.4 Å². The SMILES string of the molecule is CC(C)(C)P(=O)(c1ccccc1-c1ccccc1-c1ccccc1)C(C)(C)C. The summed E-state index contributed by atoms with van der Waals surface area (Å²) in [6.07, 6.45) is 0. The van der Waals surface area contributed by atoms with Gasteiger partial charge in [0.25, 0.3) is 0 Å². The summed E-state index contributed by atoms with van der Waals surface area (Å²) in [5.41, 5.74) is 4.56. The first-order chi connectivity index (χ1) is 13.1. The van der Waals surface area contributed by atoms with Crippen LogP contribution in [0.3, 0.4) is 0 Å². The third-order valence-electron chi connectivity index (χ3n) is 5.43. The Labute approximate surface area is 170 Å². The predicted molar refractivity (Wildman–Crippen MR) is 124 cm³/mol. The van der Waals surface area contributed by atoms with Crippen molar-refractivity contribution in [1.29, 1.82) is 0 Å². The molecule has 146 valence electrons. The number of rotatable bonds is 3. The Hall–Kier alpha value is -2.11. The number of benzene rings is 3. The maximum absolute atomic E-state index is 14.7. The van der Waals surface area contributed by atoms with Gasteiger partial charge < -0.3 is 4.57 Å². The molecule has 2 heteroatoms. The molecule has 0 unspecified atom stereocenters. The number of hydrogen-bond acceptors (Lipinski definition) is 1. The minimum Gasteiger partial charge on any atom is -0.318 e. The van der Waals surface area contributed by atoms with Crippen LogP contribution < -0.4 is 5.30 Å². The lowest BCUT2D eigenvalue weighted by Gasteiger charge is -2.42. The molecule has 0 heterocycles. The molecule has 0 fully saturated rings. The zero-order valence-corrected chi connectivity index (χ0v) is 18.8. The van der Waals surface area contributed by atoms with Crippen LogP contribution in [-0.2, 0) is 4.57 Å². The lowest BCUT2D eigenvalue weighted by Crippen LogP contribution is -2.35. The van der Waals surface area contributed by atoms with Gasteiger partial charge in [-0.3, -0.25) is 0 Å². The van der Waals surface area contributed by atoms with Crippen LogP contribution in [-0.4, -0.2) is 10.3 Å². The smallest absolute Gasteiger partial charge is 0.126 e. The van der Waals surface area contributed by atoms with Crippen molar-refractivity contribution in [2.24, 2.45) is 0 Å². The van der Waals surface area contributed by atoms with Crippen LogP contribution in [0.2, 0.25) is 0 Å². The van der Waals surface area contributed by atoms with E-state index in [0.717, 1.165) is 16.4 Å². The fraction of sp³-hybridized carbons (Fsp3) is 0.308. The summed E-state index contributed by atoms with van der Waals surface area (Å²) < 4.78 is 14.7. The van der Waals surface area contributed by atoms with Gasteiger partial charge in [-0.2, -0.15) is 0 Å². The van der Waals surface area contributed by atoms with E-state index in [1.165, 1.54) is 11.1 Å². The van der Waals surface area contributed by atoms with Crippen LogP contribution in [0.15, 0.2) is 78.9 Å². The van der Waals surface area contributed by atoms with Gasteiger partial charge in [0.15, 0.2) is 0 Å². The van der Waals surface area contributed by atoms with Crippen LogP contribution in [0.5, 0.6) is 0 Å². The molecule has 3 aromatic rings. The van der Waals surface area contributed by atoms with Crippen molar-refractivity contribution in [2.45, 2.75) is 51.9 Å². The highest BCUT2D eigenvalue weighted by Gasteiger charge is 2.48. The minimum absolute atomic E-state index is 0.330. The molecule has 3 rings (SSSR count). The van der Waals surface area contributed by atoms with Crippen LogP contribution in [0, 0.1) is 0 Å². The van der Waals surface area contributed by atoms with E-state index in [9.17, 15) is 4.57 Å². The summed E-state index contributed by atoms with van der Waals surface area (Å²) in [7, 11) is -2.75. The van der Waals surface area contributed by atoms with Crippen molar-refractivity contribution in [3.63, 3.8) is 0 Å². The molecular weight excluding hydrogens is 359 g/mol. The van der Waals surface area contributed by atoms with E-state index in [1.807, 2.05) is 12.1 Å². The quantitative estimate of drug-likeness (QED) is 0.421. The molecule has 1 nitrogen and oxygen atoms in total. The van der Waals surface area contributed by atoms with Crippen LogP contribution in [0.25, 0.3) is 22.3 Å². The van der Waals surface area contributed by atoms with E-state index in [0.29, 0.717) is 0 Å². The molecule has 0 aliphatic carbocycles. The Morgan fingerprint density at radius 1 is 0.536 bits per heavy atom. The largest absolute Gasteiger partial charge is 0.318 e. The van der Waals surface area contributed by atoms with E-state index in [-0.39, 0.29) is 10.3 Å². The topological polar surface area (TPSA) is 17.1 Å². The zero-order chi connectivity index (χ0) is 20.6. The maximum atomic E-state index is 14.7. The molecule has 0 radical (unpaired) electrons. The normalized spacial score (nSPS) is 12.8. The molecule has 0 amide bonds. The second-order valence-corrected chi connectivity index (χ2v) is 13.8. The van der Waals surface area contributed by atoms with Crippen molar-refractivity contribution < 1.29 is 4.57 Å². The maximum Gasteiger partial charge on any atom is 0.126 e. The van der Waals surface area contributed by atoms with Gasteiger partial charge in [-0.1, -0.05) is 120 Å². The molecule has 0 aliphatic rings. The summed E-state index contributed by atoms with van der Waals surface area (Å²) in [5.74, 6) is 0. The fourth-order valence-corrected chi connectivity index (χ4v) is 8.58. The van der Waals surface area contributed by atoms with Gasteiger partial charge in [0.05, 0.1) is 0 Å². The first-order valence-corrected chi connectivity index (χ1v) is 11.6. The van der Waals surface area contributed by atoms with Crippen LogP contribution >= 0.6 is 7.14 Å². The highest BCUT2D eigenvalue weighted by Crippen LogP contribution is 2.66. The van der Waals surface area contributed by atoms with E-state index < -0.39 is 7.14 Å². The molecule has 0 spiro atoms. The highest BCUT2D eigenvalue weighted by molar-refractivity contribution is 7.74. The Morgan fingerprint density at radius 2 is 0.964 bits per heavy atom. The van der Waals surface area contributed by atoms with Gasteiger partial charge in [0.1, 0.15) is 7.14 Å². The molecule has 0 aromatic heterocycles. The van der Waals surface area contributed by atoms with Gasteiger partial charge in [0, 0.05) is 15.6 Å². The third-order valence-corrected chi connectivity index (χ3v) is 10.3. The van der Waals surface area contributed by atoms with E-state index in [2.05, 4.69) is 108 Å². The molecular formula is C26H31OP. The van der Waals surface area contributed by atoms with Crippen molar-refractivity contribution in [1.82, 2.24) is 0 Å². The zero-order valence-electron chi connectivity index (χ0n) is 17.9. The summed E-state index contributed by atoms with van der Waals surface area (Å²) in [6, 6.07) is 27.1.